The molecule has 2 aromatic heterocycles. The van der Waals surface area contributed by atoms with Crippen molar-refractivity contribution in [3.05, 3.63) is 75.8 Å². The highest BCUT2D eigenvalue weighted by molar-refractivity contribution is 6.29. The number of aromatic nitrogens is 3. The maximum Gasteiger partial charge on any atom is 0.135 e. The summed E-state index contributed by atoms with van der Waals surface area (Å²) in [5, 5.41) is 0.405. The van der Waals surface area contributed by atoms with Gasteiger partial charge in [-0.05, 0) is 62.6 Å². The third-order valence-corrected chi connectivity index (χ3v) is 3.93. The summed E-state index contributed by atoms with van der Waals surface area (Å²) in [5.41, 5.74) is 4.12. The molecule has 24 heavy (non-hydrogen) atoms. The molecule has 120 valence electrons. The second-order valence-electron chi connectivity index (χ2n) is 5.48. The highest BCUT2D eigenvalue weighted by Gasteiger charge is 2.13. The van der Waals surface area contributed by atoms with Gasteiger partial charge in [-0.1, -0.05) is 17.5 Å². The van der Waals surface area contributed by atoms with E-state index in [1.54, 1.807) is 24.4 Å². The minimum Gasteiger partial charge on any atom is -0.300 e. The first kappa shape index (κ1) is 16.2. The molecule has 0 saturated carbocycles. The van der Waals surface area contributed by atoms with Crippen molar-refractivity contribution in [2.24, 2.45) is 0 Å². The summed E-state index contributed by atoms with van der Waals surface area (Å²) in [5.74, 6) is 6.68. The predicted octanol–water partition coefficient (Wildman–Crippen LogP) is 4.38. The van der Waals surface area contributed by atoms with E-state index >= 15 is 0 Å². The van der Waals surface area contributed by atoms with Crippen LogP contribution in [0, 0.1) is 38.4 Å². The third kappa shape index (κ3) is 3.17. The normalized spacial score (nSPS) is 10.4. The molecule has 3 rings (SSSR count). The molecule has 0 radical (unpaired) electrons. The van der Waals surface area contributed by atoms with Crippen LogP contribution in [0.5, 0.6) is 0 Å². The topological polar surface area (TPSA) is 30.7 Å². The molecule has 3 aromatic rings. The van der Waals surface area contributed by atoms with Gasteiger partial charge < -0.3 is 0 Å². The van der Waals surface area contributed by atoms with Gasteiger partial charge in [-0.2, -0.15) is 0 Å². The number of hydrogen-bond acceptors (Lipinski definition) is 2. The maximum atomic E-state index is 13.3. The maximum absolute atomic E-state index is 13.3. The third-order valence-electron chi connectivity index (χ3n) is 3.73. The van der Waals surface area contributed by atoms with Crippen molar-refractivity contribution >= 4 is 11.6 Å². The largest absolute Gasteiger partial charge is 0.300 e. The van der Waals surface area contributed by atoms with E-state index in [2.05, 4.69) is 21.8 Å². The van der Waals surface area contributed by atoms with Gasteiger partial charge in [0.1, 0.15) is 22.5 Å². The molecule has 3 nitrogen and oxygen atoms in total. The fourth-order valence-corrected chi connectivity index (χ4v) is 2.77. The Hall–Kier alpha value is -2.64. The van der Waals surface area contributed by atoms with Crippen LogP contribution in [0.2, 0.25) is 5.15 Å². The summed E-state index contributed by atoms with van der Waals surface area (Å²) in [7, 11) is 0. The summed E-state index contributed by atoms with van der Waals surface area (Å²) in [6.45, 7) is 5.73. The van der Waals surface area contributed by atoms with Gasteiger partial charge in [0.2, 0.25) is 0 Å². The number of aryl methyl sites for hydroxylation is 2. The van der Waals surface area contributed by atoms with Gasteiger partial charge >= 0.3 is 0 Å². The van der Waals surface area contributed by atoms with Crippen LogP contribution in [0.15, 0.2) is 36.5 Å². The Balaban J connectivity index is 2.05. The molecule has 0 N–H and O–H groups in total. The summed E-state index contributed by atoms with van der Waals surface area (Å²) in [4.78, 5) is 8.47. The van der Waals surface area contributed by atoms with Gasteiger partial charge in [0.15, 0.2) is 0 Å². The average molecular weight is 340 g/mol. The van der Waals surface area contributed by atoms with E-state index in [0.29, 0.717) is 10.8 Å². The van der Waals surface area contributed by atoms with Crippen LogP contribution >= 0.6 is 11.6 Å². The van der Waals surface area contributed by atoms with Crippen molar-refractivity contribution in [2.45, 2.75) is 20.8 Å². The van der Waals surface area contributed by atoms with Crippen molar-refractivity contribution in [2.75, 3.05) is 0 Å². The van der Waals surface area contributed by atoms with Gasteiger partial charge in [0.05, 0.1) is 11.4 Å². The predicted molar refractivity (Wildman–Crippen MR) is 93.0 cm³/mol. The minimum absolute atomic E-state index is 0.249. The van der Waals surface area contributed by atoms with Crippen molar-refractivity contribution < 1.29 is 4.39 Å². The fourth-order valence-electron chi connectivity index (χ4n) is 2.60. The smallest absolute Gasteiger partial charge is 0.135 e. The SMILES string of the molecule is Cc1cc(F)ccc1-n1c(C)nc(C#Cc2ccnc(Cl)c2)c1C. The van der Waals surface area contributed by atoms with Crippen LogP contribution in [0.4, 0.5) is 4.39 Å². The zero-order valence-electron chi connectivity index (χ0n) is 13.6. The first-order chi connectivity index (χ1) is 11.5. The van der Waals surface area contributed by atoms with Crippen LogP contribution in [-0.2, 0) is 0 Å². The molecule has 0 aliphatic carbocycles. The number of imidazole rings is 1. The number of hydrogen-bond donors (Lipinski definition) is 0. The van der Waals surface area contributed by atoms with Crippen molar-refractivity contribution in [3.8, 4) is 17.5 Å². The molecule has 5 heteroatoms. The zero-order valence-corrected chi connectivity index (χ0v) is 14.3. The molecule has 0 spiro atoms. The van der Waals surface area contributed by atoms with Crippen molar-refractivity contribution in [3.63, 3.8) is 0 Å². The van der Waals surface area contributed by atoms with E-state index in [-0.39, 0.29) is 5.82 Å². The molecule has 0 aliphatic heterocycles. The Bertz CT molecular complexity index is 980. The number of benzene rings is 1. The molecular formula is C19H15ClFN3. The summed E-state index contributed by atoms with van der Waals surface area (Å²) >= 11 is 5.87. The molecule has 0 saturated heterocycles. The Morgan fingerprint density at radius 2 is 1.88 bits per heavy atom. The Morgan fingerprint density at radius 3 is 2.58 bits per heavy atom. The van der Waals surface area contributed by atoms with E-state index in [1.165, 1.54) is 12.1 Å². The lowest BCUT2D eigenvalue weighted by atomic mass is 10.2. The van der Waals surface area contributed by atoms with Crippen molar-refractivity contribution in [1.29, 1.82) is 0 Å². The van der Waals surface area contributed by atoms with Gasteiger partial charge in [0, 0.05) is 11.8 Å². The zero-order chi connectivity index (χ0) is 17.3. The van der Waals surface area contributed by atoms with Gasteiger partial charge in [-0.25, -0.2) is 14.4 Å². The van der Waals surface area contributed by atoms with E-state index in [9.17, 15) is 4.39 Å². The standard InChI is InChI=1S/C19H15ClFN3/c1-12-10-16(21)5-7-18(12)24-13(2)17(23-14(24)3)6-4-15-8-9-22-19(20)11-15/h5,7-11H,1-3H3. The fraction of sp³-hybridized carbons (Fsp3) is 0.158. The lowest BCUT2D eigenvalue weighted by molar-refractivity contribution is 0.626. The second kappa shape index (κ2) is 6.46. The van der Waals surface area contributed by atoms with Gasteiger partial charge in [0.25, 0.3) is 0 Å². The average Bonchev–Trinajstić information content (AvgIpc) is 2.80. The van der Waals surface area contributed by atoms with Crippen LogP contribution in [0.25, 0.3) is 5.69 Å². The molecular weight excluding hydrogens is 325 g/mol. The van der Waals surface area contributed by atoms with E-state index in [0.717, 1.165) is 28.3 Å². The first-order valence-electron chi connectivity index (χ1n) is 7.42. The Kier molecular flexibility index (Phi) is 4.37. The van der Waals surface area contributed by atoms with E-state index < -0.39 is 0 Å². The molecule has 2 heterocycles. The highest BCUT2D eigenvalue weighted by atomic mass is 35.5. The molecule has 0 atom stereocenters. The molecule has 1 aromatic carbocycles. The van der Waals surface area contributed by atoms with Crippen LogP contribution in [-0.4, -0.2) is 14.5 Å². The van der Waals surface area contributed by atoms with Crippen LogP contribution in [0.3, 0.4) is 0 Å². The van der Waals surface area contributed by atoms with Crippen molar-refractivity contribution in [1.82, 2.24) is 14.5 Å². The summed E-state index contributed by atoms with van der Waals surface area (Å²) in [6, 6.07) is 8.22. The molecule has 0 unspecified atom stereocenters. The second-order valence-corrected chi connectivity index (χ2v) is 5.86. The number of rotatable bonds is 1. The quantitative estimate of drug-likeness (QED) is 0.486. The van der Waals surface area contributed by atoms with E-state index in [4.69, 9.17) is 11.6 Å². The molecule has 0 bridgehead atoms. The summed E-state index contributed by atoms with van der Waals surface area (Å²) in [6.07, 6.45) is 1.62. The van der Waals surface area contributed by atoms with Crippen LogP contribution < -0.4 is 0 Å². The monoisotopic (exact) mass is 339 g/mol. The number of pyridine rings is 1. The molecule has 0 amide bonds. The summed E-state index contributed by atoms with van der Waals surface area (Å²) < 4.78 is 15.3. The van der Waals surface area contributed by atoms with E-state index in [1.807, 2.05) is 25.3 Å². The minimum atomic E-state index is -0.249. The Labute approximate surface area is 145 Å². The number of nitrogens with zero attached hydrogens (tertiary/aromatic N) is 3. The Morgan fingerprint density at radius 1 is 1.08 bits per heavy atom. The van der Waals surface area contributed by atoms with Crippen LogP contribution in [0.1, 0.15) is 28.3 Å². The van der Waals surface area contributed by atoms with Gasteiger partial charge in [-0.3, -0.25) is 4.57 Å². The highest BCUT2D eigenvalue weighted by Crippen LogP contribution is 2.21. The first-order valence-corrected chi connectivity index (χ1v) is 7.79. The van der Waals surface area contributed by atoms with Gasteiger partial charge in [-0.15, -0.1) is 0 Å². The lowest BCUT2D eigenvalue weighted by Crippen LogP contribution is -2.02. The number of halogens is 2. The molecule has 0 aliphatic rings. The lowest BCUT2D eigenvalue weighted by Gasteiger charge is -2.11. The molecule has 0 fully saturated rings.